The Kier molecular flexibility index (Phi) is 9.97. The smallest absolute Gasteiger partial charge is 0.412 e. The van der Waals surface area contributed by atoms with E-state index in [1.54, 1.807) is 51.9 Å². The Hall–Kier alpha value is -3.69. The van der Waals surface area contributed by atoms with Crippen LogP contribution in [-0.4, -0.2) is 88.4 Å². The molecular formula is C26H35FN7O8P. The normalized spacial score (nSPS) is 23.0. The number of hydrogen-bond acceptors (Lipinski definition) is 13. The van der Waals surface area contributed by atoms with Crippen molar-refractivity contribution in [1.29, 1.82) is 0 Å². The number of benzene rings is 1. The second-order valence-electron chi connectivity index (χ2n) is 10.5. The summed E-state index contributed by atoms with van der Waals surface area (Å²) in [7, 11) is 2.45. The Balaban J connectivity index is 1.39. The highest BCUT2D eigenvalue weighted by atomic mass is 31.1. The molecule has 1 aliphatic heterocycles. The summed E-state index contributed by atoms with van der Waals surface area (Å²) < 4.78 is 44.2. The highest BCUT2D eigenvalue weighted by molar-refractivity contribution is 7.33. The van der Waals surface area contributed by atoms with Crippen molar-refractivity contribution in [3.05, 3.63) is 30.6 Å². The van der Waals surface area contributed by atoms with Crippen LogP contribution < -0.4 is 29.2 Å². The number of halogens is 1. The molecule has 0 amide bonds. The molecule has 0 radical (unpaired) electrons. The zero-order valence-corrected chi connectivity index (χ0v) is 25.7. The summed E-state index contributed by atoms with van der Waals surface area (Å²) in [6.07, 6.45) is -3.52. The molecule has 234 valence electrons. The first-order valence-electron chi connectivity index (χ1n) is 13.3. The third-order valence-electron chi connectivity index (χ3n) is 6.42. The molecule has 1 saturated heterocycles. The number of nitrogens with one attached hydrogen (secondary N) is 1. The summed E-state index contributed by atoms with van der Waals surface area (Å²) in [5.41, 5.74) is 1.71. The van der Waals surface area contributed by atoms with E-state index in [-0.39, 0.29) is 30.1 Å². The zero-order valence-electron chi connectivity index (χ0n) is 24.8. The quantitative estimate of drug-likeness (QED) is 0.170. The van der Waals surface area contributed by atoms with Crippen LogP contribution in [0.15, 0.2) is 35.4 Å². The molecule has 3 heterocycles. The van der Waals surface area contributed by atoms with Crippen molar-refractivity contribution in [1.82, 2.24) is 24.9 Å². The number of aliphatic hydroxyl groups is 1. The molecule has 1 aromatic carbocycles. The van der Waals surface area contributed by atoms with E-state index in [2.05, 4.69) is 25.2 Å². The lowest BCUT2D eigenvalue weighted by Gasteiger charge is -2.27. The molecule has 1 unspecified atom stereocenters. The number of hydrogen-bond donors (Lipinski definition) is 2. The topological polar surface area (TPSA) is 178 Å². The number of alkyl halides is 1. The predicted molar refractivity (Wildman–Crippen MR) is 151 cm³/mol. The number of methoxy groups -OCH3 is 1. The number of esters is 1. The Bertz CT molecular complexity index is 1460. The lowest BCUT2D eigenvalue weighted by molar-refractivity contribution is -0.169. The number of carbonyl (C=O) groups excluding carboxylic acids is 1. The second kappa shape index (κ2) is 13.3. The SMILES string of the molecule is COc1nc(N(C)C)c2ncn([C@@H]3O[C@](C)(COc4ccc(O/[P+]([O-])=N/N[C@@H](C)C(=O)OC(C)C)cc4)[C@@H](O)[C@H]3F)c2n1. The minimum Gasteiger partial charge on any atom is -0.574 e. The number of fused-ring (bicyclic) bond motifs is 1. The number of rotatable bonds is 12. The summed E-state index contributed by atoms with van der Waals surface area (Å²) in [4.78, 5) is 42.3. The van der Waals surface area contributed by atoms with Crippen LogP contribution in [0.25, 0.3) is 11.2 Å². The number of carbonyl (C=O) groups is 1. The van der Waals surface area contributed by atoms with Gasteiger partial charge in [0.2, 0.25) is 0 Å². The van der Waals surface area contributed by atoms with Gasteiger partial charge in [-0.15, -0.1) is 0 Å². The Morgan fingerprint density at radius 2 is 1.95 bits per heavy atom. The minimum absolute atomic E-state index is 0.0702. The molecule has 17 heteroatoms. The average Bonchev–Trinajstić information content (AvgIpc) is 3.49. The van der Waals surface area contributed by atoms with Gasteiger partial charge in [-0.05, 0) is 52.0 Å². The maximum absolute atomic E-state index is 15.5. The molecule has 1 aliphatic rings. The first-order valence-corrected chi connectivity index (χ1v) is 14.5. The van der Waals surface area contributed by atoms with Crippen LogP contribution in [0.2, 0.25) is 0 Å². The fourth-order valence-corrected chi connectivity index (χ4v) is 4.77. The van der Waals surface area contributed by atoms with E-state index in [9.17, 15) is 14.8 Å². The Morgan fingerprint density at radius 3 is 2.58 bits per heavy atom. The van der Waals surface area contributed by atoms with E-state index in [1.807, 2.05) is 0 Å². The molecule has 1 fully saturated rings. The van der Waals surface area contributed by atoms with Crippen molar-refractivity contribution >= 4 is 31.1 Å². The number of nitrogens with zero attached hydrogens (tertiary/aromatic N) is 6. The van der Waals surface area contributed by atoms with Crippen molar-refractivity contribution in [2.75, 3.05) is 32.7 Å². The molecule has 0 spiro atoms. The Labute approximate surface area is 248 Å². The van der Waals surface area contributed by atoms with Crippen molar-refractivity contribution in [2.45, 2.75) is 63.9 Å². The number of aromatic nitrogens is 4. The van der Waals surface area contributed by atoms with Gasteiger partial charge < -0.3 is 33.8 Å². The van der Waals surface area contributed by atoms with Gasteiger partial charge in [-0.3, -0.25) is 13.9 Å². The number of aliphatic hydroxyl groups excluding tert-OH is 1. The standard InChI is InChI=1S/C26H35FN7O8P/c1-14(2)40-24(36)15(3)31-32-43(37)42-17-10-8-16(9-11-17)39-12-26(4)20(35)18(27)23(41-26)34-13-28-19-21(33(5)6)29-25(38-7)30-22(19)34/h8-11,13-15,18,20,23,31,35H,12H2,1-7H3/t15-,18+,20-,23+,26+/m0/s1. The zero-order chi connectivity index (χ0) is 31.5. The van der Waals surface area contributed by atoms with Gasteiger partial charge in [0.25, 0.3) is 0 Å². The number of anilines is 1. The van der Waals surface area contributed by atoms with Crippen LogP contribution in [0, 0.1) is 0 Å². The first-order chi connectivity index (χ1) is 20.3. The molecule has 0 saturated carbocycles. The van der Waals surface area contributed by atoms with Crippen LogP contribution in [0.5, 0.6) is 17.5 Å². The highest BCUT2D eigenvalue weighted by Gasteiger charge is 2.54. The summed E-state index contributed by atoms with van der Waals surface area (Å²) in [5, 5.41) is 10.8. The molecule has 0 bridgehead atoms. The van der Waals surface area contributed by atoms with Gasteiger partial charge in [-0.25, -0.2) is 9.37 Å². The predicted octanol–water partition coefficient (Wildman–Crippen LogP) is 2.05. The van der Waals surface area contributed by atoms with E-state index in [4.69, 9.17) is 23.5 Å². The van der Waals surface area contributed by atoms with Gasteiger partial charge in [0.1, 0.15) is 30.1 Å². The first kappa shape index (κ1) is 32.2. The van der Waals surface area contributed by atoms with E-state index >= 15 is 4.39 Å². The van der Waals surface area contributed by atoms with Gasteiger partial charge in [0.05, 0.1) is 19.5 Å². The summed E-state index contributed by atoms with van der Waals surface area (Å²) in [6.45, 7) is 6.30. The fourth-order valence-electron chi connectivity index (χ4n) is 4.16. The second-order valence-corrected chi connectivity index (χ2v) is 11.3. The van der Waals surface area contributed by atoms with E-state index in [1.165, 1.54) is 37.1 Å². The molecule has 4 rings (SSSR count). The monoisotopic (exact) mass is 623 g/mol. The van der Waals surface area contributed by atoms with Crippen LogP contribution >= 0.6 is 8.17 Å². The molecule has 3 aromatic rings. The van der Waals surface area contributed by atoms with Crippen LogP contribution in [-0.2, 0) is 14.3 Å². The lowest BCUT2D eigenvalue weighted by Crippen LogP contribution is -2.44. The average molecular weight is 624 g/mol. The van der Waals surface area contributed by atoms with E-state index in [0.29, 0.717) is 17.1 Å². The van der Waals surface area contributed by atoms with Crippen LogP contribution in [0.1, 0.15) is 33.9 Å². The van der Waals surface area contributed by atoms with Gasteiger partial charge in [-0.1, -0.05) is 0 Å². The molecular weight excluding hydrogens is 588 g/mol. The molecule has 0 aliphatic carbocycles. The number of ether oxygens (including phenoxy) is 4. The third kappa shape index (κ3) is 7.28. The molecule has 2 N–H and O–H groups in total. The van der Waals surface area contributed by atoms with Crippen LogP contribution in [0.4, 0.5) is 10.2 Å². The van der Waals surface area contributed by atoms with Crippen molar-refractivity contribution in [3.8, 4) is 17.5 Å². The highest BCUT2D eigenvalue weighted by Crippen LogP contribution is 2.41. The largest absolute Gasteiger partial charge is 0.574 e. The summed E-state index contributed by atoms with van der Waals surface area (Å²) >= 11 is 0. The third-order valence-corrected chi connectivity index (χ3v) is 7.07. The van der Waals surface area contributed by atoms with E-state index in [0.717, 1.165) is 0 Å². The Morgan fingerprint density at radius 1 is 1.28 bits per heavy atom. The maximum atomic E-state index is 15.5. The molecule has 15 nitrogen and oxygen atoms in total. The van der Waals surface area contributed by atoms with Gasteiger partial charge >= 0.3 is 20.1 Å². The molecule has 2 aromatic heterocycles. The van der Waals surface area contributed by atoms with Crippen molar-refractivity contribution < 1.29 is 42.7 Å². The fraction of sp³-hybridized carbons (Fsp3) is 0.538. The van der Waals surface area contributed by atoms with Gasteiger partial charge in [0, 0.05) is 18.9 Å². The summed E-state index contributed by atoms with van der Waals surface area (Å²) in [5.74, 6) is 0.526. The van der Waals surface area contributed by atoms with Gasteiger partial charge in [0.15, 0.2) is 35.1 Å². The van der Waals surface area contributed by atoms with Crippen molar-refractivity contribution in [3.63, 3.8) is 0 Å². The number of imidazole rings is 1. The van der Waals surface area contributed by atoms with Crippen LogP contribution in [0.3, 0.4) is 0 Å². The summed E-state index contributed by atoms with van der Waals surface area (Å²) in [6, 6.07) is 5.34. The lowest BCUT2D eigenvalue weighted by atomic mass is 9.99. The van der Waals surface area contributed by atoms with E-state index < -0.39 is 44.3 Å². The molecule has 6 atom stereocenters. The molecule has 43 heavy (non-hydrogen) atoms. The van der Waals surface area contributed by atoms with Crippen molar-refractivity contribution in [2.24, 2.45) is 4.85 Å². The van der Waals surface area contributed by atoms with Gasteiger partial charge in [-0.2, -0.15) is 15.4 Å². The minimum atomic E-state index is -2.53. The maximum Gasteiger partial charge on any atom is 0.412 e.